The molecule has 0 spiro atoms. The zero-order chi connectivity index (χ0) is 13.8. The molecule has 1 unspecified atom stereocenters. The van der Waals surface area contributed by atoms with Crippen molar-refractivity contribution in [1.82, 2.24) is 9.55 Å². The van der Waals surface area contributed by atoms with Crippen LogP contribution in [0, 0.1) is 0 Å². The first kappa shape index (κ1) is 14.2. The topological polar surface area (TPSA) is 36.3 Å². The van der Waals surface area contributed by atoms with Crippen molar-refractivity contribution in [2.75, 3.05) is 20.1 Å². The molecule has 0 amide bonds. The van der Waals surface area contributed by atoms with Gasteiger partial charge < -0.3 is 14.0 Å². The molecular formula is C14H19ClN2O2. The number of hydrogen-bond acceptors (Lipinski definition) is 3. The summed E-state index contributed by atoms with van der Waals surface area (Å²) in [5.41, 5.74) is 2.02. The number of rotatable bonds is 6. The number of aryl methyl sites for hydroxylation is 1. The van der Waals surface area contributed by atoms with Crippen molar-refractivity contribution in [3.63, 3.8) is 0 Å². The van der Waals surface area contributed by atoms with Crippen molar-refractivity contribution >= 4 is 22.6 Å². The maximum atomic E-state index is 5.86. The third kappa shape index (κ3) is 3.01. The van der Waals surface area contributed by atoms with Crippen molar-refractivity contribution < 1.29 is 9.47 Å². The lowest BCUT2D eigenvalue weighted by molar-refractivity contribution is 0.103. The van der Waals surface area contributed by atoms with Crippen molar-refractivity contribution in [3.05, 3.63) is 24.0 Å². The van der Waals surface area contributed by atoms with Gasteiger partial charge in [-0.05, 0) is 19.1 Å². The zero-order valence-corrected chi connectivity index (χ0v) is 12.3. The van der Waals surface area contributed by atoms with Crippen molar-refractivity contribution in [1.29, 1.82) is 0 Å². The fourth-order valence-corrected chi connectivity index (χ4v) is 2.27. The molecule has 104 valence electrons. The summed E-state index contributed by atoms with van der Waals surface area (Å²) < 4.78 is 12.7. The molecule has 1 heterocycles. The number of halogens is 1. The average Bonchev–Trinajstić information content (AvgIpc) is 2.76. The highest BCUT2D eigenvalue weighted by atomic mass is 35.5. The first-order chi connectivity index (χ1) is 9.19. The minimum Gasteiger partial charge on any atom is -0.497 e. The number of alkyl halides is 1. The van der Waals surface area contributed by atoms with Crippen LogP contribution in [0.4, 0.5) is 0 Å². The molecule has 0 aliphatic rings. The van der Waals surface area contributed by atoms with Crippen LogP contribution in [0.2, 0.25) is 0 Å². The highest BCUT2D eigenvalue weighted by Crippen LogP contribution is 2.22. The first-order valence-corrected chi connectivity index (χ1v) is 6.85. The third-order valence-electron chi connectivity index (χ3n) is 3.19. The summed E-state index contributed by atoms with van der Waals surface area (Å²) in [7, 11) is 3.37. The van der Waals surface area contributed by atoms with Crippen LogP contribution in [0.3, 0.4) is 0 Å². The Bertz CT molecular complexity index is 554. The minimum atomic E-state index is 0.133. The van der Waals surface area contributed by atoms with Gasteiger partial charge in [-0.25, -0.2) is 4.98 Å². The molecule has 0 N–H and O–H groups in total. The molecule has 1 aromatic carbocycles. The SMILES string of the molecule is COc1ccc2c(c1)nc(CCCl)n2CC(C)OC. The normalized spacial score (nSPS) is 12.8. The summed E-state index contributed by atoms with van der Waals surface area (Å²) in [6.07, 6.45) is 0.878. The molecule has 5 heteroatoms. The number of benzene rings is 1. The van der Waals surface area contributed by atoms with E-state index in [0.29, 0.717) is 5.88 Å². The molecule has 4 nitrogen and oxygen atoms in total. The number of imidazole rings is 1. The third-order valence-corrected chi connectivity index (χ3v) is 3.38. The Morgan fingerprint density at radius 1 is 1.37 bits per heavy atom. The molecule has 0 aliphatic carbocycles. The lowest BCUT2D eigenvalue weighted by Gasteiger charge is -2.13. The van der Waals surface area contributed by atoms with E-state index in [0.717, 1.165) is 35.6 Å². The average molecular weight is 283 g/mol. The number of ether oxygens (including phenoxy) is 2. The van der Waals surface area contributed by atoms with Crippen LogP contribution in [0.5, 0.6) is 5.75 Å². The number of fused-ring (bicyclic) bond motifs is 1. The maximum absolute atomic E-state index is 5.86. The van der Waals surface area contributed by atoms with Crippen LogP contribution in [-0.2, 0) is 17.7 Å². The van der Waals surface area contributed by atoms with Gasteiger partial charge >= 0.3 is 0 Å². The molecule has 1 atom stereocenters. The quantitative estimate of drug-likeness (QED) is 0.765. The van der Waals surface area contributed by atoms with E-state index in [-0.39, 0.29) is 6.10 Å². The smallest absolute Gasteiger partial charge is 0.121 e. The Hall–Kier alpha value is -1.26. The van der Waals surface area contributed by atoms with Crippen LogP contribution in [0.1, 0.15) is 12.7 Å². The predicted molar refractivity (Wildman–Crippen MR) is 77.2 cm³/mol. The Balaban J connectivity index is 2.47. The van der Waals surface area contributed by atoms with Gasteiger partial charge in [-0.1, -0.05) is 0 Å². The fourth-order valence-electron chi connectivity index (χ4n) is 2.10. The van der Waals surface area contributed by atoms with Crippen LogP contribution in [-0.4, -0.2) is 35.8 Å². The van der Waals surface area contributed by atoms with Crippen LogP contribution in [0.15, 0.2) is 18.2 Å². The molecule has 0 bridgehead atoms. The standard InChI is InChI=1S/C14H19ClN2O2/c1-10(18-2)9-17-13-5-4-11(19-3)8-12(13)16-14(17)6-7-15/h4-5,8,10H,6-7,9H2,1-3H3. The number of hydrogen-bond donors (Lipinski definition) is 0. The first-order valence-electron chi connectivity index (χ1n) is 6.31. The lowest BCUT2D eigenvalue weighted by Crippen LogP contribution is -2.17. The van der Waals surface area contributed by atoms with E-state index in [1.54, 1.807) is 14.2 Å². The van der Waals surface area contributed by atoms with Gasteiger partial charge in [0.2, 0.25) is 0 Å². The molecule has 0 saturated carbocycles. The number of methoxy groups -OCH3 is 2. The Morgan fingerprint density at radius 3 is 2.79 bits per heavy atom. The molecule has 0 fully saturated rings. The van der Waals surface area contributed by atoms with Crippen molar-refractivity contribution in [3.8, 4) is 5.75 Å². The van der Waals surface area contributed by atoms with Crippen LogP contribution < -0.4 is 4.74 Å². The second kappa shape index (κ2) is 6.26. The molecule has 2 rings (SSSR count). The highest BCUT2D eigenvalue weighted by molar-refractivity contribution is 6.17. The van der Waals surface area contributed by atoms with E-state index in [4.69, 9.17) is 21.1 Å². The monoisotopic (exact) mass is 282 g/mol. The summed E-state index contributed by atoms with van der Waals surface area (Å²) in [6.45, 7) is 2.81. The van der Waals surface area contributed by atoms with Gasteiger partial charge in [-0.15, -0.1) is 11.6 Å². The second-order valence-electron chi connectivity index (χ2n) is 4.48. The molecule has 19 heavy (non-hydrogen) atoms. The Labute approximate surface area is 118 Å². The van der Waals surface area contributed by atoms with Crippen LogP contribution in [0.25, 0.3) is 11.0 Å². The summed E-state index contributed by atoms with van der Waals surface area (Å²) in [5, 5.41) is 0. The van der Waals surface area contributed by atoms with Crippen LogP contribution >= 0.6 is 11.6 Å². The zero-order valence-electron chi connectivity index (χ0n) is 11.5. The van der Waals surface area contributed by atoms with Crippen molar-refractivity contribution in [2.45, 2.75) is 26.0 Å². The largest absolute Gasteiger partial charge is 0.497 e. The Kier molecular flexibility index (Phi) is 4.66. The molecular weight excluding hydrogens is 264 g/mol. The summed E-state index contributed by atoms with van der Waals surface area (Å²) in [6, 6.07) is 5.92. The number of aromatic nitrogens is 2. The molecule has 2 aromatic rings. The van der Waals surface area contributed by atoms with Crippen molar-refractivity contribution in [2.24, 2.45) is 0 Å². The molecule has 0 radical (unpaired) electrons. The second-order valence-corrected chi connectivity index (χ2v) is 4.86. The van der Waals surface area contributed by atoms with E-state index in [1.807, 2.05) is 25.1 Å². The maximum Gasteiger partial charge on any atom is 0.121 e. The van der Waals surface area contributed by atoms with E-state index in [9.17, 15) is 0 Å². The van der Waals surface area contributed by atoms with E-state index >= 15 is 0 Å². The number of nitrogens with zero attached hydrogens (tertiary/aromatic N) is 2. The summed E-state index contributed by atoms with van der Waals surface area (Å²) in [4.78, 5) is 4.64. The molecule has 1 aromatic heterocycles. The minimum absolute atomic E-state index is 0.133. The van der Waals surface area contributed by atoms with E-state index in [1.165, 1.54) is 0 Å². The van der Waals surface area contributed by atoms with Gasteiger partial charge in [-0.3, -0.25) is 0 Å². The van der Waals surface area contributed by atoms with Gasteiger partial charge in [0, 0.05) is 25.5 Å². The van der Waals surface area contributed by atoms with E-state index < -0.39 is 0 Å². The van der Waals surface area contributed by atoms with Gasteiger partial charge in [0.05, 0.1) is 30.8 Å². The van der Waals surface area contributed by atoms with Gasteiger partial charge in [0.15, 0.2) is 0 Å². The predicted octanol–water partition coefficient (Wildman–Crippen LogP) is 2.86. The van der Waals surface area contributed by atoms with Gasteiger partial charge in [-0.2, -0.15) is 0 Å². The lowest BCUT2D eigenvalue weighted by atomic mass is 10.3. The highest BCUT2D eigenvalue weighted by Gasteiger charge is 2.13. The summed E-state index contributed by atoms with van der Waals surface area (Å²) in [5.74, 6) is 2.36. The van der Waals surface area contributed by atoms with Gasteiger partial charge in [0.25, 0.3) is 0 Å². The summed E-state index contributed by atoms with van der Waals surface area (Å²) >= 11 is 5.86. The fraction of sp³-hybridized carbons (Fsp3) is 0.500. The molecule has 0 saturated heterocycles. The van der Waals surface area contributed by atoms with Gasteiger partial charge in [0.1, 0.15) is 11.6 Å². The molecule has 0 aliphatic heterocycles. The van der Waals surface area contributed by atoms with E-state index in [2.05, 4.69) is 9.55 Å². The Morgan fingerprint density at radius 2 is 2.16 bits per heavy atom.